The third kappa shape index (κ3) is 15.7. The molecule has 278 valence electrons. The number of anilines is 1. The molecule has 6 aromatic carbocycles. The molecule has 0 saturated heterocycles. The summed E-state index contributed by atoms with van der Waals surface area (Å²) in [6.45, 7) is 0. The number of benzene rings is 6. The number of nitrogen functional groups attached to an aromatic ring is 1. The molecular formula is C39H25Br8Cl2F2IKN. The van der Waals surface area contributed by atoms with Crippen LogP contribution in [0.15, 0.2) is 133 Å². The summed E-state index contributed by atoms with van der Waals surface area (Å²) in [5.74, 6) is -0.476. The van der Waals surface area contributed by atoms with E-state index in [4.69, 9.17) is 28.9 Å². The van der Waals surface area contributed by atoms with E-state index in [2.05, 4.69) is 156 Å². The Morgan fingerprint density at radius 3 is 1.30 bits per heavy atom. The van der Waals surface area contributed by atoms with Crippen LogP contribution in [-0.4, -0.2) is 0 Å². The van der Waals surface area contributed by atoms with Crippen LogP contribution in [0, 0.1) is 15.2 Å². The van der Waals surface area contributed by atoms with E-state index in [1.54, 1.807) is 18.2 Å². The smallest absolute Gasteiger partial charge is 1.00 e. The molecule has 0 saturated carbocycles. The molecule has 2 N–H and O–H groups in total. The van der Waals surface area contributed by atoms with Crippen molar-refractivity contribution in [1.29, 1.82) is 0 Å². The van der Waals surface area contributed by atoms with Gasteiger partial charge >= 0.3 is 51.4 Å². The maximum atomic E-state index is 13.6. The van der Waals surface area contributed by atoms with Crippen LogP contribution in [0.2, 0.25) is 10.0 Å². The summed E-state index contributed by atoms with van der Waals surface area (Å²) in [6.07, 6.45) is 1.99. The van der Waals surface area contributed by atoms with Crippen molar-refractivity contribution in [3.8, 4) is 0 Å². The summed E-state index contributed by atoms with van der Waals surface area (Å²) in [7, 11) is 0. The third-order valence-corrected chi connectivity index (χ3v) is 15.4. The topological polar surface area (TPSA) is 26.0 Å². The average Bonchev–Trinajstić information content (AvgIpc) is 3.09. The molecule has 0 bridgehead atoms. The Bertz CT molecular complexity index is 2270. The quantitative estimate of drug-likeness (QED) is 0.0765. The molecule has 0 radical (unpaired) electrons. The molecule has 0 aliphatic carbocycles. The molecule has 0 amide bonds. The number of nitrogens with two attached hydrogens (primary N) is 1. The first-order valence-electron chi connectivity index (χ1n) is 15.1. The first-order chi connectivity index (χ1) is 25.0. The Hall–Kier alpha value is 1.77. The van der Waals surface area contributed by atoms with Gasteiger partial charge in [-0.2, -0.15) is 0 Å². The number of hydrogen-bond donors (Lipinski definition) is 1. The zero-order chi connectivity index (χ0) is 39.0. The molecule has 1 nitrogen and oxygen atoms in total. The van der Waals surface area contributed by atoms with E-state index in [-0.39, 0.29) is 64.4 Å². The van der Waals surface area contributed by atoms with Crippen LogP contribution in [0.3, 0.4) is 0 Å². The van der Waals surface area contributed by atoms with Gasteiger partial charge in [-0.25, -0.2) is 8.78 Å². The Balaban J connectivity index is 0.000000313. The minimum Gasteiger partial charge on any atom is -1.00 e. The van der Waals surface area contributed by atoms with E-state index in [0.717, 1.165) is 80.6 Å². The van der Waals surface area contributed by atoms with E-state index < -0.39 is 0 Å². The van der Waals surface area contributed by atoms with Gasteiger partial charge in [0.1, 0.15) is 11.6 Å². The molecule has 54 heavy (non-hydrogen) atoms. The summed E-state index contributed by atoms with van der Waals surface area (Å²) in [6, 6.07) is 28.9. The predicted molar refractivity (Wildman–Crippen MR) is 257 cm³/mol. The van der Waals surface area contributed by atoms with Crippen molar-refractivity contribution < 1.29 is 61.6 Å². The Morgan fingerprint density at radius 1 is 0.444 bits per heavy atom. The predicted octanol–water partition coefficient (Wildman–Crippen LogP) is 14.8. The summed E-state index contributed by atoms with van der Waals surface area (Å²) >= 11 is 41.9. The average molecular weight is 1420 g/mol. The summed E-state index contributed by atoms with van der Waals surface area (Å²) < 4.78 is 35.6. The maximum Gasteiger partial charge on any atom is 1.00 e. The minimum atomic E-state index is -0.241. The van der Waals surface area contributed by atoms with Gasteiger partial charge in [-0.15, -0.1) is 0 Å². The van der Waals surface area contributed by atoms with Gasteiger partial charge in [0.05, 0.1) is 0 Å². The van der Waals surface area contributed by atoms with Gasteiger partial charge in [0.2, 0.25) is 0 Å². The SMILES string of the molecule is Clc1ccc(I)c(Br)c1.Fc1ccc(Br)c(Cc2cc(Cc3ccc(Cl)cc3Br)c(Br)cc2Br)c1.Nc1cc(Cc2cc(F)ccc2Br)c(Br)cc1Br.[H-].[K+]. The fourth-order valence-electron chi connectivity index (χ4n) is 4.77. The van der Waals surface area contributed by atoms with E-state index in [0.29, 0.717) is 23.6 Å². The van der Waals surface area contributed by atoms with E-state index in [9.17, 15) is 8.78 Å². The van der Waals surface area contributed by atoms with Crippen molar-refractivity contribution in [1.82, 2.24) is 0 Å². The molecule has 0 unspecified atom stereocenters. The number of hydrogen-bond acceptors (Lipinski definition) is 1. The first-order valence-corrected chi connectivity index (χ1v) is 23.3. The van der Waals surface area contributed by atoms with Gasteiger partial charge in [0.25, 0.3) is 0 Å². The molecule has 6 rings (SSSR count). The van der Waals surface area contributed by atoms with Crippen LogP contribution in [0.25, 0.3) is 0 Å². The molecule has 0 spiro atoms. The fraction of sp³-hybridized carbons (Fsp3) is 0.0769. The molecule has 0 aliphatic rings. The normalized spacial score (nSPS) is 10.5. The second-order valence-corrected chi connectivity index (χ2v) is 20.2. The largest absolute Gasteiger partial charge is 1.00 e. The molecule has 15 heteroatoms. The van der Waals surface area contributed by atoms with E-state index in [1.807, 2.05) is 54.6 Å². The van der Waals surface area contributed by atoms with Gasteiger partial charge < -0.3 is 7.16 Å². The molecule has 0 aliphatic heterocycles. The minimum absolute atomic E-state index is 0. The van der Waals surface area contributed by atoms with Crippen molar-refractivity contribution in [2.75, 3.05) is 5.73 Å². The van der Waals surface area contributed by atoms with Crippen LogP contribution in [-0.2, 0) is 19.3 Å². The van der Waals surface area contributed by atoms with E-state index >= 15 is 0 Å². The van der Waals surface area contributed by atoms with Gasteiger partial charge in [0.15, 0.2) is 0 Å². The van der Waals surface area contributed by atoms with Crippen LogP contribution in [0.4, 0.5) is 14.5 Å². The van der Waals surface area contributed by atoms with Crippen molar-refractivity contribution in [3.63, 3.8) is 0 Å². The Labute approximate surface area is 449 Å². The Morgan fingerprint density at radius 2 is 0.833 bits per heavy atom. The van der Waals surface area contributed by atoms with Crippen LogP contribution in [0.5, 0.6) is 0 Å². The number of halogens is 13. The molecule has 0 heterocycles. The van der Waals surface area contributed by atoms with Crippen molar-refractivity contribution in [3.05, 3.63) is 191 Å². The van der Waals surface area contributed by atoms with Crippen molar-refractivity contribution >= 4 is 179 Å². The third-order valence-electron chi connectivity index (χ3n) is 7.44. The van der Waals surface area contributed by atoms with Gasteiger partial charge in [-0.05, 0) is 192 Å². The molecule has 0 aromatic heterocycles. The van der Waals surface area contributed by atoms with Crippen molar-refractivity contribution in [2.24, 2.45) is 0 Å². The Kier molecular flexibility index (Phi) is 22.5. The summed E-state index contributed by atoms with van der Waals surface area (Å²) in [5.41, 5.74) is 12.7. The molecule has 6 aromatic rings. The zero-order valence-corrected chi connectivity index (χ0v) is 47.3. The van der Waals surface area contributed by atoms with E-state index in [1.165, 1.54) is 21.8 Å². The van der Waals surface area contributed by atoms with Crippen LogP contribution < -0.4 is 57.1 Å². The molecule has 0 fully saturated rings. The van der Waals surface area contributed by atoms with Gasteiger partial charge in [0, 0.05) is 55.1 Å². The summed E-state index contributed by atoms with van der Waals surface area (Å²) in [4.78, 5) is 0. The fourth-order valence-corrected chi connectivity index (χ4v) is 9.80. The van der Waals surface area contributed by atoms with Crippen LogP contribution in [0.1, 0.15) is 34.8 Å². The zero-order valence-electron chi connectivity index (χ0n) is 28.8. The molecule has 0 atom stereocenters. The van der Waals surface area contributed by atoms with Crippen LogP contribution >= 0.6 is 173 Å². The van der Waals surface area contributed by atoms with Crippen molar-refractivity contribution in [2.45, 2.75) is 19.3 Å². The summed E-state index contributed by atoms with van der Waals surface area (Å²) in [5, 5.41) is 1.47. The monoisotopic (exact) mass is 1410 g/mol. The standard InChI is InChI=1S/C20H12Br4ClF.C13H9Br3FN.C6H3BrClI.K.H/c21-17-4-3-16(26)8-14(17)7-13-6-12(19(23)10-20(13)24)5-11-1-2-15(25)9-18(11)22;14-10-2-1-9(17)4-7(10)3-8-5-13(18)12(16)6-11(8)15;7-5-3-4(8)1-2-6(5)9;;/h1-4,6,8-10H,5,7H2;1-2,4-6H,3,18H2;1-3H;;/q;;;+1;-1. The first kappa shape index (κ1) is 50.1. The van der Waals surface area contributed by atoms with Gasteiger partial charge in [-0.3, -0.25) is 0 Å². The second kappa shape index (κ2) is 24.3. The second-order valence-electron chi connectivity index (χ2n) is 11.3. The molecular weight excluding hydrogens is 1400 g/mol. The van der Waals surface area contributed by atoms with Gasteiger partial charge in [-0.1, -0.05) is 131 Å². The number of rotatable bonds is 6. The maximum absolute atomic E-state index is 13.6.